The van der Waals surface area contributed by atoms with Crippen LogP contribution in [0.2, 0.25) is 0 Å². The van der Waals surface area contributed by atoms with Crippen LogP contribution in [0, 0.1) is 0 Å². The SMILES string of the molecule is CC/C=C\C/C=C\C/C=C\C/C=C\C/C=C\C/C=C\C/C=C\CCCC(=O)NC(COP(=O)([O-])OCC[N+](C)(C)C)C(O)/C=C/CC/C=C/CCCCCCCCCCCCCCCCCCCCCC. The molecular formula is C62H109N2O6P. The van der Waals surface area contributed by atoms with Gasteiger partial charge in [-0.3, -0.25) is 9.36 Å². The molecule has 408 valence electrons. The van der Waals surface area contributed by atoms with Crippen molar-refractivity contribution in [3.05, 3.63) is 109 Å². The van der Waals surface area contributed by atoms with E-state index in [1.165, 1.54) is 128 Å². The molecule has 3 unspecified atom stereocenters. The van der Waals surface area contributed by atoms with Crippen molar-refractivity contribution in [2.24, 2.45) is 0 Å². The molecule has 0 aliphatic carbocycles. The van der Waals surface area contributed by atoms with Gasteiger partial charge in [-0.25, -0.2) is 0 Å². The van der Waals surface area contributed by atoms with E-state index in [9.17, 15) is 19.4 Å². The zero-order valence-electron chi connectivity index (χ0n) is 46.4. The summed E-state index contributed by atoms with van der Waals surface area (Å²) < 4.78 is 23.3. The molecule has 0 aromatic carbocycles. The number of aliphatic hydroxyl groups excluding tert-OH is 1. The number of hydrogen-bond donors (Lipinski definition) is 2. The zero-order valence-corrected chi connectivity index (χ0v) is 47.3. The maximum Gasteiger partial charge on any atom is 0.268 e. The number of nitrogens with one attached hydrogen (secondary N) is 1. The number of likely N-dealkylation sites (N-methyl/N-ethyl adjacent to an activating group) is 1. The van der Waals surface area contributed by atoms with Gasteiger partial charge in [0.05, 0.1) is 39.9 Å². The van der Waals surface area contributed by atoms with Crippen molar-refractivity contribution in [3.8, 4) is 0 Å². The third-order valence-electron chi connectivity index (χ3n) is 12.2. The molecule has 3 atom stereocenters. The van der Waals surface area contributed by atoms with Crippen molar-refractivity contribution in [2.45, 2.75) is 238 Å². The Labute approximate surface area is 438 Å². The Morgan fingerprint density at radius 3 is 1.31 bits per heavy atom. The maximum atomic E-state index is 12.9. The Morgan fingerprint density at radius 2 is 0.873 bits per heavy atom. The number of allylic oxidation sites excluding steroid dienone is 17. The summed E-state index contributed by atoms with van der Waals surface area (Å²) in [6.07, 6.45) is 76.1. The molecule has 0 aliphatic rings. The lowest BCUT2D eigenvalue weighted by Crippen LogP contribution is -2.45. The number of unbranched alkanes of at least 4 members (excludes halogenated alkanes) is 22. The number of phosphoric ester groups is 1. The summed E-state index contributed by atoms with van der Waals surface area (Å²) in [5.41, 5.74) is 0. The quantitative estimate of drug-likeness (QED) is 0.0272. The Morgan fingerprint density at radius 1 is 0.507 bits per heavy atom. The lowest BCUT2D eigenvalue weighted by atomic mass is 10.0. The van der Waals surface area contributed by atoms with E-state index < -0.39 is 26.6 Å². The number of hydrogen-bond acceptors (Lipinski definition) is 6. The average molecular weight is 1010 g/mol. The highest BCUT2D eigenvalue weighted by atomic mass is 31.2. The van der Waals surface area contributed by atoms with Gasteiger partial charge in [-0.15, -0.1) is 0 Å². The van der Waals surface area contributed by atoms with E-state index in [4.69, 9.17) is 9.05 Å². The number of carbonyl (C=O) groups excluding carboxylic acids is 1. The molecule has 9 heteroatoms. The summed E-state index contributed by atoms with van der Waals surface area (Å²) in [5.74, 6) is -0.268. The largest absolute Gasteiger partial charge is 0.756 e. The third-order valence-corrected chi connectivity index (χ3v) is 13.2. The van der Waals surface area contributed by atoms with Gasteiger partial charge in [0.15, 0.2) is 0 Å². The standard InChI is InChI=1S/C62H109N2O6P/c1-6-8-10-12-14-16-18-20-22-24-26-28-30-31-32-34-35-37-39-41-43-45-47-49-51-53-55-61(65)60(59-70-71(67,68)69-58-57-64(3,4)5)63-62(66)56-54-52-50-48-46-44-42-40-38-36-33-29-27-25-23-21-19-17-15-13-11-9-7-2/h9,11,15,17,21,23,27,29,36,38,42,44-45,47-48,50,53,55,60-61,65H,6-8,10,12-14,16,18-20,22,24-26,28,30-35,37,39-41,43,46,49,51-52,54,56-59H2,1-5H3,(H-,63,66,67,68)/b11-9-,17-15-,23-21-,29-27-,38-36-,44-42-,47-45+,50-48-,55-53+. The highest BCUT2D eigenvalue weighted by molar-refractivity contribution is 7.45. The van der Waals surface area contributed by atoms with Crippen LogP contribution in [-0.4, -0.2) is 68.5 Å². The number of amides is 1. The lowest BCUT2D eigenvalue weighted by molar-refractivity contribution is -0.870. The Bertz CT molecular complexity index is 1520. The molecule has 0 aromatic heterocycles. The van der Waals surface area contributed by atoms with Crippen molar-refractivity contribution in [1.29, 1.82) is 0 Å². The van der Waals surface area contributed by atoms with Crippen LogP contribution < -0.4 is 10.2 Å². The smallest absolute Gasteiger partial charge is 0.268 e. The molecule has 0 rings (SSSR count). The summed E-state index contributed by atoms with van der Waals surface area (Å²) in [7, 11) is 1.19. The highest BCUT2D eigenvalue weighted by Crippen LogP contribution is 2.38. The number of nitrogens with zero attached hydrogens (tertiary/aromatic N) is 1. The van der Waals surface area contributed by atoms with Gasteiger partial charge in [0, 0.05) is 6.42 Å². The molecule has 71 heavy (non-hydrogen) atoms. The van der Waals surface area contributed by atoms with E-state index in [0.717, 1.165) is 70.6 Å². The molecule has 0 bridgehead atoms. The first-order valence-corrected chi connectivity index (χ1v) is 30.2. The van der Waals surface area contributed by atoms with Crippen LogP contribution in [0.4, 0.5) is 0 Å². The summed E-state index contributed by atoms with van der Waals surface area (Å²) >= 11 is 0. The average Bonchev–Trinajstić information content (AvgIpc) is 3.33. The molecule has 0 heterocycles. The maximum absolute atomic E-state index is 12.9. The van der Waals surface area contributed by atoms with Crippen molar-refractivity contribution in [1.82, 2.24) is 5.32 Å². The predicted octanol–water partition coefficient (Wildman–Crippen LogP) is 17.0. The molecule has 0 saturated carbocycles. The minimum absolute atomic E-state index is 0.0233. The molecule has 2 N–H and O–H groups in total. The van der Waals surface area contributed by atoms with Gasteiger partial charge in [-0.1, -0.05) is 245 Å². The first-order chi connectivity index (χ1) is 34.5. The number of aliphatic hydroxyl groups is 1. The van der Waals surface area contributed by atoms with Crippen LogP contribution in [0.5, 0.6) is 0 Å². The van der Waals surface area contributed by atoms with E-state index in [2.05, 4.69) is 116 Å². The van der Waals surface area contributed by atoms with Crippen molar-refractivity contribution in [3.63, 3.8) is 0 Å². The first-order valence-electron chi connectivity index (χ1n) is 28.7. The van der Waals surface area contributed by atoms with Crippen LogP contribution in [0.15, 0.2) is 109 Å². The summed E-state index contributed by atoms with van der Waals surface area (Å²) in [5, 5.41) is 13.8. The number of phosphoric acid groups is 1. The van der Waals surface area contributed by atoms with E-state index in [1.807, 2.05) is 27.2 Å². The first kappa shape index (κ1) is 68.2. The van der Waals surface area contributed by atoms with Crippen molar-refractivity contribution in [2.75, 3.05) is 40.9 Å². The Balaban J connectivity index is 4.39. The van der Waals surface area contributed by atoms with Crippen LogP contribution in [0.1, 0.15) is 226 Å². The van der Waals surface area contributed by atoms with Gasteiger partial charge in [-0.05, 0) is 83.5 Å². The minimum atomic E-state index is -4.63. The van der Waals surface area contributed by atoms with E-state index in [-0.39, 0.29) is 18.9 Å². The molecule has 1 amide bonds. The van der Waals surface area contributed by atoms with Crippen LogP contribution in [0.3, 0.4) is 0 Å². The highest BCUT2D eigenvalue weighted by Gasteiger charge is 2.23. The fourth-order valence-corrected chi connectivity index (χ4v) is 8.47. The summed E-state index contributed by atoms with van der Waals surface area (Å²) in [6.45, 7) is 4.47. The minimum Gasteiger partial charge on any atom is -0.756 e. The van der Waals surface area contributed by atoms with Gasteiger partial charge >= 0.3 is 0 Å². The van der Waals surface area contributed by atoms with Gasteiger partial charge in [-0.2, -0.15) is 0 Å². The Kier molecular flexibility index (Phi) is 50.0. The lowest BCUT2D eigenvalue weighted by Gasteiger charge is -2.29. The molecule has 0 aliphatic heterocycles. The predicted molar refractivity (Wildman–Crippen MR) is 306 cm³/mol. The number of quaternary nitrogens is 1. The second kappa shape index (κ2) is 52.0. The van der Waals surface area contributed by atoms with Crippen molar-refractivity contribution >= 4 is 13.7 Å². The van der Waals surface area contributed by atoms with Gasteiger partial charge in [0.1, 0.15) is 13.2 Å². The second-order valence-electron chi connectivity index (χ2n) is 20.3. The molecule has 0 radical (unpaired) electrons. The number of rotatable bonds is 51. The third kappa shape index (κ3) is 54.8. The molecule has 8 nitrogen and oxygen atoms in total. The fraction of sp³-hybridized carbons (Fsp3) is 0.694. The van der Waals surface area contributed by atoms with E-state index in [1.54, 1.807) is 6.08 Å². The zero-order chi connectivity index (χ0) is 52.0. The monoisotopic (exact) mass is 1010 g/mol. The molecule has 0 spiro atoms. The van der Waals surface area contributed by atoms with Crippen LogP contribution >= 0.6 is 7.82 Å². The van der Waals surface area contributed by atoms with E-state index in [0.29, 0.717) is 17.4 Å². The van der Waals surface area contributed by atoms with Gasteiger partial charge < -0.3 is 28.8 Å². The number of carbonyl (C=O) groups is 1. The molecule has 0 aromatic rings. The summed E-state index contributed by atoms with van der Waals surface area (Å²) in [6, 6.07) is -0.943. The normalized spacial score (nSPS) is 14.7. The molecule has 0 fully saturated rings. The van der Waals surface area contributed by atoms with Gasteiger partial charge in [0.25, 0.3) is 7.82 Å². The van der Waals surface area contributed by atoms with Crippen molar-refractivity contribution < 1.29 is 32.9 Å². The van der Waals surface area contributed by atoms with E-state index >= 15 is 0 Å². The van der Waals surface area contributed by atoms with Crippen LogP contribution in [-0.2, 0) is 18.4 Å². The topological polar surface area (TPSA) is 108 Å². The second-order valence-corrected chi connectivity index (χ2v) is 21.7. The molecular weight excluding hydrogens is 900 g/mol. The van der Waals surface area contributed by atoms with Gasteiger partial charge in [0.2, 0.25) is 5.91 Å². The molecule has 0 saturated heterocycles. The fourth-order valence-electron chi connectivity index (χ4n) is 7.75. The summed E-state index contributed by atoms with van der Waals surface area (Å²) in [4.78, 5) is 25.5. The van der Waals surface area contributed by atoms with Crippen LogP contribution in [0.25, 0.3) is 0 Å². The Hall–Kier alpha value is -2.84.